The Kier molecular flexibility index (Phi) is 5.12. The van der Waals surface area contributed by atoms with E-state index in [-0.39, 0.29) is 5.82 Å². The molecule has 1 saturated heterocycles. The van der Waals surface area contributed by atoms with Gasteiger partial charge in [0.2, 0.25) is 0 Å². The first-order valence-electron chi connectivity index (χ1n) is 8.44. The summed E-state index contributed by atoms with van der Waals surface area (Å²) >= 11 is 0. The molecule has 1 aliphatic heterocycles. The molecular weight excluding hydrogens is 301 g/mol. The summed E-state index contributed by atoms with van der Waals surface area (Å²) < 4.78 is 13.4. The molecule has 3 nitrogen and oxygen atoms in total. The molecule has 0 spiro atoms. The lowest BCUT2D eigenvalue weighted by Crippen LogP contribution is -2.46. The molecule has 4 heteroatoms. The summed E-state index contributed by atoms with van der Waals surface area (Å²) in [6.07, 6.45) is 1.06. The molecule has 0 unspecified atom stereocenters. The van der Waals surface area contributed by atoms with Crippen molar-refractivity contribution in [2.24, 2.45) is 0 Å². The van der Waals surface area contributed by atoms with Crippen molar-refractivity contribution in [2.45, 2.75) is 19.9 Å². The van der Waals surface area contributed by atoms with E-state index in [1.54, 1.807) is 6.07 Å². The summed E-state index contributed by atoms with van der Waals surface area (Å²) in [4.78, 5) is 4.67. The highest BCUT2D eigenvalue weighted by Crippen LogP contribution is 2.19. The van der Waals surface area contributed by atoms with Crippen molar-refractivity contribution in [3.05, 3.63) is 65.0 Å². The van der Waals surface area contributed by atoms with Crippen LogP contribution in [0, 0.1) is 17.1 Å². The van der Waals surface area contributed by atoms with Crippen LogP contribution in [0.3, 0.4) is 0 Å². The van der Waals surface area contributed by atoms with Gasteiger partial charge in [-0.05, 0) is 47.9 Å². The van der Waals surface area contributed by atoms with Crippen molar-refractivity contribution >= 4 is 5.69 Å². The smallest absolute Gasteiger partial charge is 0.123 e. The number of nitriles is 1. The van der Waals surface area contributed by atoms with E-state index in [2.05, 4.69) is 47.1 Å². The van der Waals surface area contributed by atoms with Gasteiger partial charge in [0, 0.05) is 38.4 Å². The molecule has 2 aromatic carbocycles. The maximum Gasteiger partial charge on any atom is 0.123 e. The Morgan fingerprint density at radius 3 is 2.38 bits per heavy atom. The van der Waals surface area contributed by atoms with Gasteiger partial charge in [-0.3, -0.25) is 4.90 Å². The molecule has 0 amide bonds. The number of anilines is 1. The molecule has 1 aliphatic rings. The van der Waals surface area contributed by atoms with Crippen LogP contribution in [-0.4, -0.2) is 31.1 Å². The minimum atomic E-state index is -0.279. The van der Waals surface area contributed by atoms with Gasteiger partial charge in [0.1, 0.15) is 5.82 Å². The number of aryl methyl sites for hydroxylation is 1. The van der Waals surface area contributed by atoms with E-state index in [0.29, 0.717) is 12.1 Å². The maximum absolute atomic E-state index is 13.4. The molecule has 0 atom stereocenters. The van der Waals surface area contributed by atoms with Crippen molar-refractivity contribution in [2.75, 3.05) is 31.1 Å². The number of hydrogen-bond donors (Lipinski definition) is 0. The average molecular weight is 323 g/mol. The second-order valence-corrected chi connectivity index (χ2v) is 6.20. The van der Waals surface area contributed by atoms with Crippen LogP contribution in [-0.2, 0) is 13.0 Å². The predicted octanol–water partition coefficient (Wildman–Crippen LogP) is 3.58. The van der Waals surface area contributed by atoms with Crippen LogP contribution in [0.25, 0.3) is 0 Å². The Bertz CT molecular complexity index is 726. The molecule has 0 saturated carbocycles. The number of benzene rings is 2. The van der Waals surface area contributed by atoms with Gasteiger partial charge in [0.05, 0.1) is 11.6 Å². The molecule has 0 aromatic heterocycles. The van der Waals surface area contributed by atoms with Crippen LogP contribution >= 0.6 is 0 Å². The quantitative estimate of drug-likeness (QED) is 0.861. The summed E-state index contributed by atoms with van der Waals surface area (Å²) in [7, 11) is 0. The highest BCUT2D eigenvalue weighted by atomic mass is 19.1. The van der Waals surface area contributed by atoms with Gasteiger partial charge in [-0.2, -0.15) is 5.26 Å². The Morgan fingerprint density at radius 2 is 1.75 bits per heavy atom. The second-order valence-electron chi connectivity index (χ2n) is 6.20. The average Bonchev–Trinajstić information content (AvgIpc) is 2.63. The largest absolute Gasteiger partial charge is 0.369 e. The van der Waals surface area contributed by atoms with E-state index in [4.69, 9.17) is 0 Å². The van der Waals surface area contributed by atoms with Crippen LogP contribution < -0.4 is 4.90 Å². The van der Waals surface area contributed by atoms with Gasteiger partial charge < -0.3 is 4.90 Å². The van der Waals surface area contributed by atoms with Crippen LogP contribution in [0.2, 0.25) is 0 Å². The summed E-state index contributed by atoms with van der Waals surface area (Å²) in [5, 5.41) is 9.17. The van der Waals surface area contributed by atoms with Crippen molar-refractivity contribution < 1.29 is 4.39 Å². The SMILES string of the molecule is CCc1ccc(N2CCN(Cc3cc(F)ccc3C#N)CC2)cc1. The Morgan fingerprint density at radius 1 is 1.04 bits per heavy atom. The van der Waals surface area contributed by atoms with E-state index < -0.39 is 0 Å². The lowest BCUT2D eigenvalue weighted by molar-refractivity contribution is 0.249. The van der Waals surface area contributed by atoms with Crippen LogP contribution in [0.1, 0.15) is 23.6 Å². The Labute approximate surface area is 142 Å². The van der Waals surface area contributed by atoms with Crippen LogP contribution in [0.15, 0.2) is 42.5 Å². The molecule has 2 aromatic rings. The zero-order valence-electron chi connectivity index (χ0n) is 14.0. The number of hydrogen-bond acceptors (Lipinski definition) is 3. The van der Waals surface area contributed by atoms with Gasteiger partial charge in [-0.25, -0.2) is 4.39 Å². The molecule has 0 radical (unpaired) electrons. The first-order chi connectivity index (χ1) is 11.7. The van der Waals surface area contributed by atoms with Gasteiger partial charge in [0.25, 0.3) is 0 Å². The number of halogens is 1. The first-order valence-corrected chi connectivity index (χ1v) is 8.44. The van der Waals surface area contributed by atoms with Gasteiger partial charge >= 0.3 is 0 Å². The summed E-state index contributed by atoms with van der Waals surface area (Å²) in [5.74, 6) is -0.279. The van der Waals surface area contributed by atoms with Crippen molar-refractivity contribution in [1.82, 2.24) is 4.90 Å². The molecule has 3 rings (SSSR count). The molecule has 0 N–H and O–H groups in total. The van der Waals surface area contributed by atoms with E-state index in [0.717, 1.165) is 38.2 Å². The summed E-state index contributed by atoms with van der Waals surface area (Å²) in [6.45, 7) is 6.51. The molecular formula is C20H22FN3. The number of piperazine rings is 1. The van der Waals surface area contributed by atoms with E-state index in [1.807, 2.05) is 0 Å². The highest BCUT2D eigenvalue weighted by Gasteiger charge is 2.18. The zero-order chi connectivity index (χ0) is 16.9. The molecule has 124 valence electrons. The third kappa shape index (κ3) is 3.74. The van der Waals surface area contributed by atoms with Gasteiger partial charge in [-0.15, -0.1) is 0 Å². The fourth-order valence-corrected chi connectivity index (χ4v) is 3.15. The third-order valence-electron chi connectivity index (χ3n) is 4.66. The lowest BCUT2D eigenvalue weighted by Gasteiger charge is -2.36. The van der Waals surface area contributed by atoms with Gasteiger partial charge in [0.15, 0.2) is 0 Å². The summed E-state index contributed by atoms with van der Waals surface area (Å²) in [5.41, 5.74) is 3.95. The fraction of sp³-hybridized carbons (Fsp3) is 0.350. The predicted molar refractivity (Wildman–Crippen MR) is 94.4 cm³/mol. The van der Waals surface area contributed by atoms with E-state index >= 15 is 0 Å². The lowest BCUT2D eigenvalue weighted by atomic mass is 10.1. The Hall–Kier alpha value is -2.38. The first kappa shape index (κ1) is 16.5. The van der Waals surface area contributed by atoms with Crippen molar-refractivity contribution in [3.8, 4) is 6.07 Å². The van der Waals surface area contributed by atoms with Crippen LogP contribution in [0.5, 0.6) is 0 Å². The maximum atomic E-state index is 13.4. The molecule has 24 heavy (non-hydrogen) atoms. The standard InChI is InChI=1S/C20H22FN3/c1-2-16-3-7-20(8-4-16)24-11-9-23(10-12-24)15-18-13-19(21)6-5-17(18)14-22/h3-8,13H,2,9-12,15H2,1H3. The summed E-state index contributed by atoms with van der Waals surface area (Å²) in [6, 6.07) is 15.3. The second kappa shape index (κ2) is 7.46. The zero-order valence-corrected chi connectivity index (χ0v) is 14.0. The molecule has 0 bridgehead atoms. The fourth-order valence-electron chi connectivity index (χ4n) is 3.15. The monoisotopic (exact) mass is 323 g/mol. The number of nitrogens with zero attached hydrogens (tertiary/aromatic N) is 3. The topological polar surface area (TPSA) is 30.3 Å². The van der Waals surface area contributed by atoms with E-state index in [1.165, 1.54) is 23.4 Å². The minimum Gasteiger partial charge on any atom is -0.369 e. The highest BCUT2D eigenvalue weighted by molar-refractivity contribution is 5.48. The van der Waals surface area contributed by atoms with Crippen LogP contribution in [0.4, 0.5) is 10.1 Å². The third-order valence-corrected chi connectivity index (χ3v) is 4.66. The molecule has 1 heterocycles. The van der Waals surface area contributed by atoms with E-state index in [9.17, 15) is 9.65 Å². The Balaban J connectivity index is 1.61. The van der Waals surface area contributed by atoms with Gasteiger partial charge in [-0.1, -0.05) is 19.1 Å². The normalized spacial score (nSPS) is 15.3. The molecule has 1 fully saturated rings. The number of rotatable bonds is 4. The van der Waals surface area contributed by atoms with Crippen molar-refractivity contribution in [1.29, 1.82) is 5.26 Å². The molecule has 0 aliphatic carbocycles. The minimum absolute atomic E-state index is 0.279. The van der Waals surface area contributed by atoms with Crippen molar-refractivity contribution in [3.63, 3.8) is 0 Å².